The Kier molecular flexibility index (Phi) is 3.08. The number of nitrogens with two attached hydrogens (primary N) is 1. The first-order chi connectivity index (χ1) is 9.21. The van der Waals surface area contributed by atoms with Crippen LogP contribution < -0.4 is 5.73 Å². The summed E-state index contributed by atoms with van der Waals surface area (Å²) < 4.78 is 12.9. The minimum atomic E-state index is -0.429. The van der Waals surface area contributed by atoms with Gasteiger partial charge < -0.3 is 19.6 Å². The second-order valence-corrected chi connectivity index (χ2v) is 4.89. The van der Waals surface area contributed by atoms with Crippen molar-refractivity contribution in [2.45, 2.75) is 31.9 Å². The lowest BCUT2D eigenvalue weighted by Crippen LogP contribution is -2.21. The van der Waals surface area contributed by atoms with Crippen LogP contribution in [-0.4, -0.2) is 32.8 Å². The summed E-state index contributed by atoms with van der Waals surface area (Å²) in [5.74, 6) is 1.01. The molecule has 2 aromatic rings. The van der Waals surface area contributed by atoms with Gasteiger partial charge in [0.25, 0.3) is 5.89 Å². The van der Waals surface area contributed by atoms with Gasteiger partial charge in [-0.3, -0.25) is 0 Å². The number of hydrogen-bond donors (Lipinski definition) is 1. The largest absolute Gasteiger partial charge is 0.367 e. The van der Waals surface area contributed by atoms with Gasteiger partial charge in [-0.2, -0.15) is 4.98 Å². The molecule has 1 saturated heterocycles. The van der Waals surface area contributed by atoms with E-state index in [0.717, 1.165) is 26.0 Å². The lowest BCUT2D eigenvalue weighted by Gasteiger charge is -2.17. The quantitative estimate of drug-likeness (QED) is 0.881. The van der Waals surface area contributed by atoms with E-state index in [4.69, 9.17) is 15.0 Å². The summed E-state index contributed by atoms with van der Waals surface area (Å²) >= 11 is 0. The number of imidazole rings is 1. The van der Waals surface area contributed by atoms with Gasteiger partial charge in [-0.05, 0) is 19.8 Å². The predicted molar refractivity (Wildman–Crippen MR) is 67.1 cm³/mol. The molecule has 1 aliphatic heterocycles. The van der Waals surface area contributed by atoms with E-state index in [1.165, 1.54) is 0 Å². The molecule has 0 radical (unpaired) electrons. The van der Waals surface area contributed by atoms with Crippen molar-refractivity contribution in [2.24, 2.45) is 5.73 Å². The maximum Gasteiger partial charge on any atom is 0.278 e. The van der Waals surface area contributed by atoms with Crippen LogP contribution >= 0.6 is 0 Å². The Hall–Kier alpha value is -1.73. The molecule has 0 aliphatic carbocycles. The third-order valence-corrected chi connectivity index (χ3v) is 3.36. The first-order valence-corrected chi connectivity index (χ1v) is 6.42. The van der Waals surface area contributed by atoms with Gasteiger partial charge in [-0.1, -0.05) is 5.16 Å². The molecule has 0 amide bonds. The van der Waals surface area contributed by atoms with E-state index in [1.54, 1.807) is 6.33 Å². The highest BCUT2D eigenvalue weighted by Crippen LogP contribution is 2.34. The average molecular weight is 263 g/mol. The van der Waals surface area contributed by atoms with Crippen molar-refractivity contribution in [1.29, 1.82) is 0 Å². The molecule has 1 atom stereocenters. The van der Waals surface area contributed by atoms with Crippen molar-refractivity contribution in [3.63, 3.8) is 0 Å². The van der Waals surface area contributed by atoms with Gasteiger partial charge in [0.1, 0.15) is 11.3 Å². The lowest BCUT2D eigenvalue weighted by molar-refractivity contribution is 0.00768. The molecule has 0 aromatic carbocycles. The van der Waals surface area contributed by atoms with E-state index >= 15 is 0 Å². The third-order valence-electron chi connectivity index (χ3n) is 3.36. The standard InChI is InChI=1S/C12H17N5O2/c1-12(3-2-6-18-12)11-15-10(19-16-11)9-7-17(5-4-13)8-14-9/h7-8H,2-6,13H2,1H3. The highest BCUT2D eigenvalue weighted by molar-refractivity contribution is 5.44. The van der Waals surface area contributed by atoms with Gasteiger partial charge in [0.2, 0.25) is 5.82 Å². The molecule has 0 spiro atoms. The molecule has 19 heavy (non-hydrogen) atoms. The minimum absolute atomic E-state index is 0.419. The van der Waals surface area contributed by atoms with E-state index in [9.17, 15) is 0 Å². The Bertz CT molecular complexity index is 556. The molecule has 3 rings (SSSR count). The van der Waals surface area contributed by atoms with Crippen molar-refractivity contribution < 1.29 is 9.26 Å². The SMILES string of the molecule is CC1(c2noc(-c3cn(CCN)cn3)n2)CCCO1. The number of hydrogen-bond acceptors (Lipinski definition) is 6. The van der Waals surface area contributed by atoms with Gasteiger partial charge in [0.15, 0.2) is 0 Å². The normalized spacial score (nSPS) is 23.1. The molecule has 102 valence electrons. The molecule has 0 saturated carbocycles. The number of rotatable bonds is 4. The molecule has 7 heteroatoms. The van der Waals surface area contributed by atoms with Crippen LogP contribution in [0.1, 0.15) is 25.6 Å². The molecule has 0 bridgehead atoms. The molecule has 2 aromatic heterocycles. The Balaban J connectivity index is 1.84. The van der Waals surface area contributed by atoms with Crippen molar-refractivity contribution in [1.82, 2.24) is 19.7 Å². The van der Waals surface area contributed by atoms with E-state index in [-0.39, 0.29) is 0 Å². The summed E-state index contributed by atoms with van der Waals surface area (Å²) in [6.45, 7) is 4.01. The fourth-order valence-electron chi connectivity index (χ4n) is 2.24. The fraction of sp³-hybridized carbons (Fsp3) is 0.583. The summed E-state index contributed by atoms with van der Waals surface area (Å²) in [5, 5.41) is 4.02. The maximum absolute atomic E-state index is 5.69. The van der Waals surface area contributed by atoms with Crippen LogP contribution in [0.3, 0.4) is 0 Å². The van der Waals surface area contributed by atoms with E-state index < -0.39 is 5.60 Å². The van der Waals surface area contributed by atoms with Gasteiger partial charge in [0.05, 0.1) is 6.33 Å². The molecule has 3 heterocycles. The molecule has 1 unspecified atom stereocenters. The zero-order valence-electron chi connectivity index (χ0n) is 10.9. The first-order valence-electron chi connectivity index (χ1n) is 6.42. The van der Waals surface area contributed by atoms with Crippen LogP contribution in [0.5, 0.6) is 0 Å². The van der Waals surface area contributed by atoms with E-state index in [0.29, 0.717) is 24.0 Å². The van der Waals surface area contributed by atoms with Crippen LogP contribution in [-0.2, 0) is 16.9 Å². The van der Waals surface area contributed by atoms with E-state index in [1.807, 2.05) is 17.7 Å². The summed E-state index contributed by atoms with van der Waals surface area (Å²) in [6, 6.07) is 0. The molecular formula is C12H17N5O2. The second-order valence-electron chi connectivity index (χ2n) is 4.89. The highest BCUT2D eigenvalue weighted by Gasteiger charge is 2.36. The summed E-state index contributed by atoms with van der Waals surface area (Å²) in [4.78, 5) is 8.64. The molecule has 7 nitrogen and oxygen atoms in total. The first kappa shape index (κ1) is 12.3. The third kappa shape index (κ3) is 2.26. The molecular weight excluding hydrogens is 246 g/mol. The zero-order chi connectivity index (χ0) is 13.3. The van der Waals surface area contributed by atoms with Gasteiger partial charge >= 0.3 is 0 Å². The summed E-state index contributed by atoms with van der Waals surface area (Å²) in [5.41, 5.74) is 5.73. The Morgan fingerprint density at radius 3 is 3.16 bits per heavy atom. The smallest absolute Gasteiger partial charge is 0.278 e. The van der Waals surface area contributed by atoms with Crippen LogP contribution in [0.15, 0.2) is 17.0 Å². The number of nitrogens with zero attached hydrogens (tertiary/aromatic N) is 4. The summed E-state index contributed by atoms with van der Waals surface area (Å²) in [6.07, 6.45) is 5.49. The number of aromatic nitrogens is 4. The van der Waals surface area contributed by atoms with Gasteiger partial charge in [-0.25, -0.2) is 4.98 Å². The van der Waals surface area contributed by atoms with Crippen LogP contribution in [0.25, 0.3) is 11.6 Å². The molecule has 2 N–H and O–H groups in total. The van der Waals surface area contributed by atoms with E-state index in [2.05, 4.69) is 15.1 Å². The fourth-order valence-corrected chi connectivity index (χ4v) is 2.24. The van der Waals surface area contributed by atoms with Crippen molar-refractivity contribution in [2.75, 3.05) is 13.2 Å². The van der Waals surface area contributed by atoms with Gasteiger partial charge in [-0.15, -0.1) is 0 Å². The molecule has 1 fully saturated rings. The van der Waals surface area contributed by atoms with Crippen molar-refractivity contribution in [3.05, 3.63) is 18.3 Å². The van der Waals surface area contributed by atoms with Crippen LogP contribution in [0, 0.1) is 0 Å². The minimum Gasteiger partial charge on any atom is -0.367 e. The monoisotopic (exact) mass is 263 g/mol. The zero-order valence-corrected chi connectivity index (χ0v) is 10.9. The van der Waals surface area contributed by atoms with Crippen LogP contribution in [0.4, 0.5) is 0 Å². The lowest BCUT2D eigenvalue weighted by atomic mass is 10.0. The molecule has 1 aliphatic rings. The Labute approximate surface area is 110 Å². The maximum atomic E-state index is 5.69. The van der Waals surface area contributed by atoms with Crippen molar-refractivity contribution in [3.8, 4) is 11.6 Å². The highest BCUT2D eigenvalue weighted by atomic mass is 16.5. The Morgan fingerprint density at radius 2 is 2.42 bits per heavy atom. The summed E-state index contributed by atoms with van der Waals surface area (Å²) in [7, 11) is 0. The predicted octanol–water partition coefficient (Wildman–Crippen LogP) is 0.917. The average Bonchev–Trinajstić information content (AvgIpc) is 3.07. The van der Waals surface area contributed by atoms with Gasteiger partial charge in [0, 0.05) is 25.9 Å². The topological polar surface area (TPSA) is 92.0 Å². The Morgan fingerprint density at radius 1 is 1.53 bits per heavy atom. The van der Waals surface area contributed by atoms with Crippen molar-refractivity contribution >= 4 is 0 Å². The second kappa shape index (κ2) is 4.75. The van der Waals surface area contributed by atoms with Crippen LogP contribution in [0.2, 0.25) is 0 Å². The number of ether oxygens (including phenoxy) is 1.